The van der Waals surface area contributed by atoms with Gasteiger partial charge in [-0.15, -0.1) is 0 Å². The van der Waals surface area contributed by atoms with Crippen LogP contribution in [-0.4, -0.2) is 42.9 Å². The monoisotopic (exact) mass is 374 g/mol. The van der Waals surface area contributed by atoms with E-state index in [-0.39, 0.29) is 35.9 Å². The van der Waals surface area contributed by atoms with Crippen molar-refractivity contribution in [2.24, 2.45) is 0 Å². The molecule has 2 atom stereocenters. The van der Waals surface area contributed by atoms with Gasteiger partial charge >= 0.3 is 6.03 Å². The number of aryl methyl sites for hydroxylation is 1. The van der Waals surface area contributed by atoms with Gasteiger partial charge in [0.05, 0.1) is 23.6 Å². The van der Waals surface area contributed by atoms with Crippen LogP contribution in [0.25, 0.3) is 0 Å². The number of urea groups is 1. The Morgan fingerprint density at radius 1 is 1.00 bits per heavy atom. The lowest BCUT2D eigenvalue weighted by Crippen LogP contribution is -2.37. The summed E-state index contributed by atoms with van der Waals surface area (Å²) in [4.78, 5) is 16.3. The Balaban J connectivity index is 1.69. The van der Waals surface area contributed by atoms with Crippen molar-refractivity contribution in [3.05, 3.63) is 65.5 Å². The van der Waals surface area contributed by atoms with Gasteiger partial charge < -0.3 is 4.90 Å². The Morgan fingerprint density at radius 3 is 2.27 bits per heavy atom. The Hall–Kier alpha value is -2.41. The van der Waals surface area contributed by atoms with Gasteiger partial charge in [0, 0.05) is 12.2 Å². The fourth-order valence-electron chi connectivity index (χ4n) is 3.76. The fourth-order valence-corrected chi connectivity index (χ4v) is 5.71. The Morgan fingerprint density at radius 2 is 1.62 bits per heavy atom. The summed E-state index contributed by atoms with van der Waals surface area (Å²) in [5.74, 6) is -0.409. The quantitative estimate of drug-likeness (QED) is 0.777. The first-order chi connectivity index (χ1) is 12.3. The first kappa shape index (κ1) is 17.0. The van der Waals surface area contributed by atoms with E-state index in [1.807, 2.05) is 31.2 Å². The predicted octanol–water partition coefficient (Wildman–Crippen LogP) is 2.74. The summed E-state index contributed by atoms with van der Waals surface area (Å²) in [7, 11) is -3.21. The van der Waals surface area contributed by atoms with Gasteiger partial charge in [-0.2, -0.15) is 0 Å². The molecule has 2 amide bonds. The molecular weight excluding hydrogens is 355 g/mol. The van der Waals surface area contributed by atoms with Crippen molar-refractivity contribution in [3.8, 4) is 0 Å². The van der Waals surface area contributed by atoms with Gasteiger partial charge in [-0.1, -0.05) is 29.8 Å². The maximum atomic E-state index is 13.1. The zero-order valence-electron chi connectivity index (χ0n) is 14.3. The highest BCUT2D eigenvalue weighted by molar-refractivity contribution is 7.91. The number of halogens is 1. The van der Waals surface area contributed by atoms with Crippen LogP contribution in [0.4, 0.5) is 14.9 Å². The lowest BCUT2D eigenvalue weighted by molar-refractivity contribution is 0.206. The van der Waals surface area contributed by atoms with Crippen molar-refractivity contribution < 1.29 is 17.6 Å². The molecule has 4 rings (SSSR count). The number of hydrogen-bond donors (Lipinski definition) is 0. The maximum absolute atomic E-state index is 13.1. The number of benzene rings is 2. The predicted molar refractivity (Wildman–Crippen MR) is 97.2 cm³/mol. The van der Waals surface area contributed by atoms with Crippen LogP contribution in [0.5, 0.6) is 0 Å². The summed E-state index contributed by atoms with van der Waals surface area (Å²) < 4.78 is 37.6. The van der Waals surface area contributed by atoms with Gasteiger partial charge in [0.2, 0.25) is 0 Å². The van der Waals surface area contributed by atoms with Crippen molar-refractivity contribution in [1.82, 2.24) is 4.90 Å². The molecule has 0 saturated carbocycles. The number of anilines is 1. The van der Waals surface area contributed by atoms with Crippen LogP contribution in [0.15, 0.2) is 48.5 Å². The van der Waals surface area contributed by atoms with Crippen molar-refractivity contribution in [1.29, 1.82) is 0 Å². The summed E-state index contributed by atoms with van der Waals surface area (Å²) in [6, 6.07) is 12.4. The highest BCUT2D eigenvalue weighted by Crippen LogP contribution is 2.36. The molecule has 0 aliphatic carbocycles. The minimum Gasteiger partial charge on any atom is -0.314 e. The second-order valence-corrected chi connectivity index (χ2v) is 9.11. The first-order valence-corrected chi connectivity index (χ1v) is 10.3. The number of amides is 2. The highest BCUT2D eigenvalue weighted by atomic mass is 32.2. The number of carbonyl (C=O) groups excluding carboxylic acids is 1. The van der Waals surface area contributed by atoms with Crippen molar-refractivity contribution in [2.45, 2.75) is 25.6 Å². The van der Waals surface area contributed by atoms with Gasteiger partial charge in [-0.05, 0) is 36.8 Å². The van der Waals surface area contributed by atoms with Gasteiger partial charge in [0.1, 0.15) is 5.82 Å². The molecule has 5 nitrogen and oxygen atoms in total. The zero-order chi connectivity index (χ0) is 18.5. The molecular formula is C19H19FN2O3S. The van der Waals surface area contributed by atoms with E-state index in [1.165, 1.54) is 12.1 Å². The average Bonchev–Trinajstić information content (AvgIpc) is 3.02. The maximum Gasteiger partial charge on any atom is 0.325 e. The molecule has 0 bridgehead atoms. The summed E-state index contributed by atoms with van der Waals surface area (Å²) >= 11 is 0. The normalized spacial score (nSPS) is 24.2. The number of carbonyl (C=O) groups is 1. The van der Waals surface area contributed by atoms with E-state index in [0.717, 1.165) is 11.1 Å². The molecule has 2 aliphatic heterocycles. The smallest absolute Gasteiger partial charge is 0.314 e. The Labute approximate surface area is 152 Å². The molecule has 0 unspecified atom stereocenters. The van der Waals surface area contributed by atoms with E-state index in [9.17, 15) is 17.6 Å². The third-order valence-electron chi connectivity index (χ3n) is 5.06. The average molecular weight is 374 g/mol. The molecule has 2 fully saturated rings. The largest absolute Gasteiger partial charge is 0.325 e. The standard InChI is InChI=1S/C19H19FN2O3S/c1-13-2-8-16(9-3-13)22-18-12-26(24,25)11-17(18)21(19(22)23)10-14-4-6-15(20)7-5-14/h2-9,17-18H,10-12H2,1H3/t17-,18-/m1/s1. The number of nitrogens with zero attached hydrogens (tertiary/aromatic N) is 2. The molecule has 26 heavy (non-hydrogen) atoms. The molecule has 2 saturated heterocycles. The van der Waals surface area contributed by atoms with Crippen LogP contribution in [0.2, 0.25) is 0 Å². The summed E-state index contributed by atoms with van der Waals surface area (Å²) in [6.45, 7) is 2.22. The summed E-state index contributed by atoms with van der Waals surface area (Å²) in [5, 5.41) is 0. The van der Waals surface area contributed by atoms with Gasteiger partial charge in [-0.25, -0.2) is 17.6 Å². The minimum atomic E-state index is -3.21. The van der Waals surface area contributed by atoms with E-state index in [2.05, 4.69) is 0 Å². The van der Waals surface area contributed by atoms with Crippen LogP contribution in [0, 0.1) is 12.7 Å². The number of fused-ring (bicyclic) bond motifs is 1. The van der Waals surface area contributed by atoms with Crippen molar-refractivity contribution in [2.75, 3.05) is 16.4 Å². The lowest BCUT2D eigenvalue weighted by Gasteiger charge is -2.22. The number of rotatable bonds is 3. The molecule has 0 radical (unpaired) electrons. The van der Waals surface area contributed by atoms with E-state index in [1.54, 1.807) is 21.9 Å². The Bertz CT molecular complexity index is 942. The first-order valence-electron chi connectivity index (χ1n) is 8.45. The van der Waals surface area contributed by atoms with Crippen LogP contribution in [0.1, 0.15) is 11.1 Å². The van der Waals surface area contributed by atoms with E-state index < -0.39 is 15.9 Å². The molecule has 0 aromatic heterocycles. The van der Waals surface area contributed by atoms with E-state index >= 15 is 0 Å². The molecule has 0 N–H and O–H groups in total. The van der Waals surface area contributed by atoms with Gasteiger partial charge in [0.25, 0.3) is 0 Å². The fraction of sp³-hybridized carbons (Fsp3) is 0.316. The van der Waals surface area contributed by atoms with Crippen molar-refractivity contribution >= 4 is 21.6 Å². The third kappa shape index (κ3) is 2.96. The second kappa shape index (κ2) is 6.09. The zero-order valence-corrected chi connectivity index (χ0v) is 15.1. The van der Waals surface area contributed by atoms with Gasteiger partial charge in [-0.3, -0.25) is 4.90 Å². The molecule has 2 aliphatic rings. The highest BCUT2D eigenvalue weighted by Gasteiger charge is 2.53. The SMILES string of the molecule is Cc1ccc(N2C(=O)N(Cc3ccc(F)cc3)[C@@H]3CS(=O)(=O)C[C@H]32)cc1. The van der Waals surface area contributed by atoms with Crippen LogP contribution >= 0.6 is 0 Å². The lowest BCUT2D eigenvalue weighted by atomic mass is 10.1. The minimum absolute atomic E-state index is 0.0306. The molecule has 7 heteroatoms. The van der Waals surface area contributed by atoms with Crippen LogP contribution < -0.4 is 4.90 Å². The Kier molecular flexibility index (Phi) is 3.99. The molecule has 2 aromatic carbocycles. The molecule has 0 spiro atoms. The van der Waals surface area contributed by atoms with Crippen LogP contribution in [0.3, 0.4) is 0 Å². The van der Waals surface area contributed by atoms with E-state index in [4.69, 9.17) is 0 Å². The second-order valence-electron chi connectivity index (χ2n) is 6.95. The third-order valence-corrected chi connectivity index (χ3v) is 6.75. The molecule has 2 aromatic rings. The topological polar surface area (TPSA) is 57.7 Å². The number of hydrogen-bond acceptors (Lipinski definition) is 3. The molecule has 2 heterocycles. The van der Waals surface area contributed by atoms with E-state index in [0.29, 0.717) is 5.69 Å². The summed E-state index contributed by atoms with van der Waals surface area (Å²) in [5.41, 5.74) is 2.54. The van der Waals surface area contributed by atoms with Gasteiger partial charge in [0.15, 0.2) is 9.84 Å². The van der Waals surface area contributed by atoms with Crippen molar-refractivity contribution in [3.63, 3.8) is 0 Å². The molecule has 136 valence electrons. The van der Waals surface area contributed by atoms with Crippen LogP contribution in [-0.2, 0) is 16.4 Å². The number of sulfone groups is 1. The summed E-state index contributed by atoms with van der Waals surface area (Å²) in [6.07, 6.45) is 0.